The lowest BCUT2D eigenvalue weighted by Gasteiger charge is -2.07. The second-order valence-electron chi connectivity index (χ2n) is 4.14. The Bertz CT molecular complexity index is 725. The molecule has 0 atom stereocenters. The van der Waals surface area contributed by atoms with Gasteiger partial charge in [0, 0.05) is 6.54 Å². The van der Waals surface area contributed by atoms with Gasteiger partial charge in [0.25, 0.3) is 0 Å². The van der Waals surface area contributed by atoms with Gasteiger partial charge in [0.1, 0.15) is 11.3 Å². The van der Waals surface area contributed by atoms with Gasteiger partial charge in [0.05, 0.1) is 13.4 Å². The van der Waals surface area contributed by atoms with Gasteiger partial charge in [0.15, 0.2) is 11.5 Å². The van der Waals surface area contributed by atoms with Crippen LogP contribution in [0.4, 0.5) is 5.82 Å². The van der Waals surface area contributed by atoms with Gasteiger partial charge in [-0.1, -0.05) is 12.1 Å². The van der Waals surface area contributed by atoms with Crippen LogP contribution in [0.5, 0.6) is 5.75 Å². The van der Waals surface area contributed by atoms with Crippen LogP contribution in [0.3, 0.4) is 0 Å². The highest BCUT2D eigenvalue weighted by atomic mass is 35.5. The van der Waals surface area contributed by atoms with E-state index in [0.717, 1.165) is 16.8 Å². The van der Waals surface area contributed by atoms with Crippen LogP contribution in [0.15, 0.2) is 30.6 Å². The molecule has 1 aromatic carbocycles. The Morgan fingerprint density at radius 1 is 1.25 bits per heavy atom. The van der Waals surface area contributed by atoms with Crippen molar-refractivity contribution < 1.29 is 4.74 Å². The number of fused-ring (bicyclic) bond motifs is 1. The highest BCUT2D eigenvalue weighted by Crippen LogP contribution is 2.19. The number of ether oxygens (including phenoxy) is 1. The Hall–Kier alpha value is -2.34. The minimum Gasteiger partial charge on any atom is -0.497 e. The van der Waals surface area contributed by atoms with Crippen LogP contribution >= 0.6 is 11.6 Å². The SMILES string of the molecule is COc1ccc(CNc2nc(Cl)nc3nc[nH]c23)cc1. The van der Waals surface area contributed by atoms with Gasteiger partial charge in [-0.2, -0.15) is 9.97 Å². The highest BCUT2D eigenvalue weighted by Gasteiger charge is 2.08. The van der Waals surface area contributed by atoms with Gasteiger partial charge in [-0.3, -0.25) is 0 Å². The number of aromatic amines is 1. The highest BCUT2D eigenvalue weighted by molar-refractivity contribution is 6.28. The van der Waals surface area contributed by atoms with Crippen molar-refractivity contribution in [2.45, 2.75) is 6.54 Å². The maximum atomic E-state index is 5.87. The Morgan fingerprint density at radius 3 is 2.80 bits per heavy atom. The molecule has 0 fully saturated rings. The number of hydrogen-bond acceptors (Lipinski definition) is 5. The van der Waals surface area contributed by atoms with E-state index >= 15 is 0 Å². The zero-order valence-corrected chi connectivity index (χ0v) is 11.5. The topological polar surface area (TPSA) is 75.7 Å². The summed E-state index contributed by atoms with van der Waals surface area (Å²) in [6, 6.07) is 7.79. The first kappa shape index (κ1) is 12.7. The fourth-order valence-electron chi connectivity index (χ4n) is 1.86. The van der Waals surface area contributed by atoms with Crippen molar-refractivity contribution in [1.29, 1.82) is 0 Å². The van der Waals surface area contributed by atoms with E-state index in [1.165, 1.54) is 0 Å². The molecular weight excluding hydrogens is 278 g/mol. The summed E-state index contributed by atoms with van der Waals surface area (Å²) < 4.78 is 5.12. The quantitative estimate of drug-likeness (QED) is 0.722. The van der Waals surface area contributed by atoms with Gasteiger partial charge in [-0.15, -0.1) is 0 Å². The van der Waals surface area contributed by atoms with Crippen molar-refractivity contribution in [2.24, 2.45) is 0 Å². The van der Waals surface area contributed by atoms with Crippen molar-refractivity contribution in [3.63, 3.8) is 0 Å². The van der Waals surface area contributed by atoms with Gasteiger partial charge in [0.2, 0.25) is 5.28 Å². The van der Waals surface area contributed by atoms with Crippen molar-refractivity contribution in [3.8, 4) is 5.75 Å². The lowest BCUT2D eigenvalue weighted by Crippen LogP contribution is -2.03. The Balaban J connectivity index is 1.80. The van der Waals surface area contributed by atoms with E-state index in [2.05, 4.69) is 25.3 Å². The third-order valence-electron chi connectivity index (χ3n) is 2.88. The van der Waals surface area contributed by atoms with Crippen molar-refractivity contribution >= 4 is 28.6 Å². The number of nitrogens with one attached hydrogen (secondary N) is 2. The molecule has 0 amide bonds. The molecular formula is C13H12ClN5O. The molecule has 0 spiro atoms. The van der Waals surface area contributed by atoms with Crippen LogP contribution < -0.4 is 10.1 Å². The van der Waals surface area contributed by atoms with Crippen LogP contribution in [0, 0.1) is 0 Å². The maximum Gasteiger partial charge on any atom is 0.226 e. The van der Waals surface area contributed by atoms with E-state index in [-0.39, 0.29) is 5.28 Å². The molecule has 3 aromatic rings. The monoisotopic (exact) mass is 289 g/mol. The van der Waals surface area contributed by atoms with Crippen molar-refractivity contribution in [3.05, 3.63) is 41.4 Å². The number of imidazole rings is 1. The van der Waals surface area contributed by atoms with Gasteiger partial charge >= 0.3 is 0 Å². The lowest BCUT2D eigenvalue weighted by atomic mass is 10.2. The van der Waals surface area contributed by atoms with E-state index < -0.39 is 0 Å². The smallest absolute Gasteiger partial charge is 0.226 e. The zero-order valence-electron chi connectivity index (χ0n) is 10.7. The summed E-state index contributed by atoms with van der Waals surface area (Å²) in [5.74, 6) is 1.46. The molecule has 7 heteroatoms. The standard InChI is InChI=1S/C13H12ClN5O/c1-20-9-4-2-8(3-5-9)6-15-11-10-12(17-7-16-10)19-13(14)18-11/h2-5,7H,6H2,1H3,(H2,15,16,17,18,19). The van der Waals surface area contributed by atoms with Crippen LogP contribution in [-0.4, -0.2) is 27.0 Å². The average Bonchev–Trinajstić information content (AvgIpc) is 2.93. The van der Waals surface area contributed by atoms with Crippen LogP contribution in [0.2, 0.25) is 5.28 Å². The average molecular weight is 290 g/mol. The number of methoxy groups -OCH3 is 1. The van der Waals surface area contributed by atoms with E-state index in [0.29, 0.717) is 18.0 Å². The Labute approximate surface area is 120 Å². The number of aromatic nitrogens is 4. The third-order valence-corrected chi connectivity index (χ3v) is 3.05. The van der Waals surface area contributed by atoms with E-state index in [1.54, 1.807) is 13.4 Å². The minimum absolute atomic E-state index is 0.168. The number of benzene rings is 1. The largest absolute Gasteiger partial charge is 0.497 e. The van der Waals surface area contributed by atoms with E-state index in [1.807, 2.05) is 24.3 Å². The first-order chi connectivity index (χ1) is 9.76. The Morgan fingerprint density at radius 2 is 2.05 bits per heavy atom. The molecule has 0 aliphatic heterocycles. The number of H-pyrrole nitrogens is 1. The normalized spacial score (nSPS) is 10.7. The summed E-state index contributed by atoms with van der Waals surface area (Å²) in [4.78, 5) is 15.3. The Kier molecular flexibility index (Phi) is 3.39. The van der Waals surface area contributed by atoms with Gasteiger partial charge in [-0.05, 0) is 29.3 Å². The molecule has 102 valence electrons. The van der Waals surface area contributed by atoms with Gasteiger partial charge < -0.3 is 15.0 Å². The number of rotatable bonds is 4. The summed E-state index contributed by atoms with van der Waals surface area (Å²) in [5.41, 5.74) is 2.39. The molecule has 0 aliphatic rings. The second kappa shape index (κ2) is 5.34. The van der Waals surface area contributed by atoms with Crippen molar-refractivity contribution in [2.75, 3.05) is 12.4 Å². The molecule has 2 heterocycles. The number of hydrogen-bond donors (Lipinski definition) is 2. The fraction of sp³-hybridized carbons (Fsp3) is 0.154. The number of anilines is 1. The van der Waals surface area contributed by atoms with Crippen molar-refractivity contribution in [1.82, 2.24) is 19.9 Å². The lowest BCUT2D eigenvalue weighted by molar-refractivity contribution is 0.414. The summed E-state index contributed by atoms with van der Waals surface area (Å²) in [5, 5.41) is 3.39. The first-order valence-corrected chi connectivity index (χ1v) is 6.37. The molecule has 0 bridgehead atoms. The molecule has 2 aromatic heterocycles. The summed E-state index contributed by atoms with van der Waals surface area (Å²) in [6.45, 7) is 0.617. The summed E-state index contributed by atoms with van der Waals surface area (Å²) in [6.07, 6.45) is 1.56. The van der Waals surface area contributed by atoms with Crippen LogP contribution in [-0.2, 0) is 6.54 Å². The van der Waals surface area contributed by atoms with Crippen LogP contribution in [0.25, 0.3) is 11.2 Å². The first-order valence-electron chi connectivity index (χ1n) is 5.99. The number of nitrogens with zero attached hydrogens (tertiary/aromatic N) is 3. The predicted octanol–water partition coefficient (Wildman–Crippen LogP) is 2.63. The molecule has 6 nitrogen and oxygen atoms in total. The molecule has 2 N–H and O–H groups in total. The molecule has 0 unspecified atom stereocenters. The molecule has 0 aliphatic carbocycles. The number of halogens is 1. The second-order valence-corrected chi connectivity index (χ2v) is 4.48. The van der Waals surface area contributed by atoms with E-state index in [9.17, 15) is 0 Å². The summed E-state index contributed by atoms with van der Waals surface area (Å²) >= 11 is 5.87. The minimum atomic E-state index is 0.168. The maximum absolute atomic E-state index is 5.87. The van der Waals surface area contributed by atoms with Gasteiger partial charge in [-0.25, -0.2) is 4.98 Å². The molecule has 0 saturated heterocycles. The summed E-state index contributed by atoms with van der Waals surface area (Å²) in [7, 11) is 1.64. The fourth-order valence-corrected chi connectivity index (χ4v) is 2.03. The van der Waals surface area contributed by atoms with Crippen LogP contribution in [0.1, 0.15) is 5.56 Å². The van der Waals surface area contributed by atoms with E-state index in [4.69, 9.17) is 16.3 Å². The molecule has 0 radical (unpaired) electrons. The zero-order chi connectivity index (χ0) is 13.9. The third kappa shape index (κ3) is 2.50. The predicted molar refractivity (Wildman–Crippen MR) is 77.0 cm³/mol. The molecule has 0 saturated carbocycles. The molecule has 20 heavy (non-hydrogen) atoms. The molecule has 3 rings (SSSR count).